The van der Waals surface area contributed by atoms with Crippen LogP contribution in [0.5, 0.6) is 0 Å². The van der Waals surface area contributed by atoms with Crippen LogP contribution >= 0.6 is 11.8 Å². The first-order valence-corrected chi connectivity index (χ1v) is 6.08. The van der Waals surface area contributed by atoms with Gasteiger partial charge in [-0.25, -0.2) is 0 Å². The molecule has 0 aromatic carbocycles. The Balaban J connectivity index is 2.79. The lowest BCUT2D eigenvalue weighted by atomic mass is 10.4. The van der Waals surface area contributed by atoms with E-state index in [2.05, 4.69) is 18.8 Å². The lowest BCUT2D eigenvalue weighted by Crippen LogP contribution is -2.18. The summed E-state index contributed by atoms with van der Waals surface area (Å²) in [6.07, 6.45) is 3.83. The van der Waals surface area contributed by atoms with Crippen LogP contribution in [0, 0.1) is 0 Å². The molecule has 0 aromatic heterocycles. The van der Waals surface area contributed by atoms with Crippen molar-refractivity contribution in [2.24, 2.45) is 0 Å². The molecular formula is C10H21NOS. The summed E-state index contributed by atoms with van der Waals surface area (Å²) in [6, 6.07) is 0. The van der Waals surface area contributed by atoms with Crippen molar-refractivity contribution in [3.63, 3.8) is 0 Å². The fraction of sp³-hybridized carbons (Fsp3) is 0.800. The highest BCUT2D eigenvalue weighted by molar-refractivity contribution is 7.99. The Hall–Kier alpha value is -0.150. The van der Waals surface area contributed by atoms with E-state index in [-0.39, 0.29) is 0 Å². The molecule has 1 N–H and O–H groups in total. The Kier molecular flexibility index (Phi) is 11.7. The van der Waals surface area contributed by atoms with Crippen molar-refractivity contribution in [2.45, 2.75) is 19.8 Å². The maximum atomic E-state index is 5.00. The average molecular weight is 203 g/mol. The monoisotopic (exact) mass is 203 g/mol. The summed E-state index contributed by atoms with van der Waals surface area (Å²) in [7, 11) is 0. The average Bonchev–Trinajstić information content (AvgIpc) is 2.16. The topological polar surface area (TPSA) is 21.3 Å². The molecule has 0 aromatic rings. The summed E-state index contributed by atoms with van der Waals surface area (Å²) in [4.78, 5) is 0. The SMILES string of the molecule is C=COCCCNCCCSCC. The molecule has 3 heteroatoms. The zero-order chi connectivity index (χ0) is 9.78. The Morgan fingerprint density at radius 1 is 1.38 bits per heavy atom. The third-order valence-electron chi connectivity index (χ3n) is 1.58. The van der Waals surface area contributed by atoms with Crippen LogP contribution in [0.25, 0.3) is 0 Å². The maximum Gasteiger partial charge on any atom is 0.0885 e. The molecule has 78 valence electrons. The largest absolute Gasteiger partial charge is 0.502 e. The van der Waals surface area contributed by atoms with Crippen LogP contribution in [-0.2, 0) is 4.74 Å². The van der Waals surface area contributed by atoms with Crippen LogP contribution in [0.4, 0.5) is 0 Å². The van der Waals surface area contributed by atoms with E-state index in [9.17, 15) is 0 Å². The minimum atomic E-state index is 0.778. The van der Waals surface area contributed by atoms with Crippen molar-refractivity contribution in [2.75, 3.05) is 31.2 Å². The van der Waals surface area contributed by atoms with Crippen LogP contribution in [0.2, 0.25) is 0 Å². The Morgan fingerprint density at radius 3 is 2.85 bits per heavy atom. The van der Waals surface area contributed by atoms with Crippen molar-refractivity contribution in [3.8, 4) is 0 Å². The van der Waals surface area contributed by atoms with Gasteiger partial charge in [-0.05, 0) is 37.4 Å². The number of ether oxygens (including phenoxy) is 1. The molecule has 2 nitrogen and oxygen atoms in total. The van der Waals surface area contributed by atoms with Crippen LogP contribution in [-0.4, -0.2) is 31.2 Å². The molecule has 0 atom stereocenters. The zero-order valence-corrected chi connectivity index (χ0v) is 9.37. The predicted molar refractivity (Wildman–Crippen MR) is 61.3 cm³/mol. The molecule has 0 radical (unpaired) electrons. The molecule has 0 saturated heterocycles. The van der Waals surface area contributed by atoms with Gasteiger partial charge in [-0.15, -0.1) is 0 Å². The van der Waals surface area contributed by atoms with E-state index in [4.69, 9.17) is 4.74 Å². The summed E-state index contributed by atoms with van der Waals surface area (Å²) in [5.74, 6) is 2.50. The van der Waals surface area contributed by atoms with E-state index >= 15 is 0 Å². The van der Waals surface area contributed by atoms with Gasteiger partial charge in [0.2, 0.25) is 0 Å². The molecule has 0 aliphatic rings. The minimum absolute atomic E-state index is 0.778. The second-order valence-electron chi connectivity index (χ2n) is 2.69. The first kappa shape index (κ1) is 12.8. The van der Waals surface area contributed by atoms with Crippen molar-refractivity contribution >= 4 is 11.8 Å². The first-order valence-electron chi connectivity index (χ1n) is 4.92. The molecule has 0 bridgehead atoms. The zero-order valence-electron chi connectivity index (χ0n) is 8.55. The highest BCUT2D eigenvalue weighted by Gasteiger charge is 1.88. The Labute approximate surface area is 86.1 Å². The maximum absolute atomic E-state index is 5.00. The number of nitrogens with one attached hydrogen (secondary N) is 1. The lowest BCUT2D eigenvalue weighted by Gasteiger charge is -2.03. The number of hydrogen-bond donors (Lipinski definition) is 1. The van der Waals surface area contributed by atoms with Gasteiger partial charge in [-0.1, -0.05) is 13.5 Å². The first-order chi connectivity index (χ1) is 6.41. The minimum Gasteiger partial charge on any atom is -0.502 e. The standard InChI is InChI=1S/C10H21NOS/c1-3-12-9-5-7-11-8-6-10-13-4-2/h3,11H,1,4-10H2,2H3. The summed E-state index contributed by atoms with van der Waals surface area (Å²) in [5.41, 5.74) is 0. The number of thioether (sulfide) groups is 1. The van der Waals surface area contributed by atoms with Gasteiger partial charge in [0.05, 0.1) is 12.9 Å². The second kappa shape index (κ2) is 11.8. The third-order valence-corrected chi connectivity index (χ3v) is 2.57. The molecule has 0 unspecified atom stereocenters. The Morgan fingerprint density at radius 2 is 2.15 bits per heavy atom. The van der Waals surface area contributed by atoms with Crippen molar-refractivity contribution in [1.29, 1.82) is 0 Å². The second-order valence-corrected chi connectivity index (χ2v) is 4.09. The lowest BCUT2D eigenvalue weighted by molar-refractivity contribution is 0.245. The van der Waals surface area contributed by atoms with E-state index < -0.39 is 0 Å². The van der Waals surface area contributed by atoms with Crippen molar-refractivity contribution in [1.82, 2.24) is 5.32 Å². The van der Waals surface area contributed by atoms with Gasteiger partial charge in [0.25, 0.3) is 0 Å². The molecule has 0 spiro atoms. The molecule has 0 saturated carbocycles. The van der Waals surface area contributed by atoms with Crippen LogP contribution < -0.4 is 5.32 Å². The fourth-order valence-corrected chi connectivity index (χ4v) is 1.57. The van der Waals surface area contributed by atoms with E-state index in [1.54, 1.807) is 0 Å². The molecule has 0 amide bonds. The Bertz CT molecular complexity index is 109. The molecular weight excluding hydrogens is 182 g/mol. The summed E-state index contributed by atoms with van der Waals surface area (Å²) in [5, 5.41) is 3.38. The van der Waals surface area contributed by atoms with E-state index in [1.807, 2.05) is 11.8 Å². The van der Waals surface area contributed by atoms with Gasteiger partial charge in [0, 0.05) is 0 Å². The van der Waals surface area contributed by atoms with Crippen LogP contribution in [0.3, 0.4) is 0 Å². The van der Waals surface area contributed by atoms with Gasteiger partial charge >= 0.3 is 0 Å². The predicted octanol–water partition coefficient (Wildman–Crippen LogP) is 2.27. The number of hydrogen-bond acceptors (Lipinski definition) is 3. The van der Waals surface area contributed by atoms with Crippen molar-refractivity contribution in [3.05, 3.63) is 12.8 Å². The van der Waals surface area contributed by atoms with Gasteiger partial charge < -0.3 is 10.1 Å². The fourth-order valence-electron chi connectivity index (χ4n) is 0.932. The van der Waals surface area contributed by atoms with Crippen molar-refractivity contribution < 1.29 is 4.74 Å². The molecule has 0 aliphatic carbocycles. The molecule has 0 aliphatic heterocycles. The third kappa shape index (κ3) is 11.9. The molecule has 13 heavy (non-hydrogen) atoms. The smallest absolute Gasteiger partial charge is 0.0885 e. The van der Waals surface area contributed by atoms with Gasteiger partial charge in [0.1, 0.15) is 0 Å². The highest BCUT2D eigenvalue weighted by Crippen LogP contribution is 1.99. The van der Waals surface area contributed by atoms with Crippen LogP contribution in [0.15, 0.2) is 12.8 Å². The summed E-state index contributed by atoms with van der Waals surface area (Å²) in [6.45, 7) is 8.63. The van der Waals surface area contributed by atoms with E-state index in [0.717, 1.165) is 26.1 Å². The van der Waals surface area contributed by atoms with Gasteiger partial charge in [-0.2, -0.15) is 11.8 Å². The van der Waals surface area contributed by atoms with E-state index in [0.29, 0.717) is 0 Å². The summed E-state index contributed by atoms with van der Waals surface area (Å²) < 4.78 is 5.00. The summed E-state index contributed by atoms with van der Waals surface area (Å²) >= 11 is 2.00. The van der Waals surface area contributed by atoms with Crippen LogP contribution in [0.1, 0.15) is 19.8 Å². The van der Waals surface area contributed by atoms with E-state index in [1.165, 1.54) is 24.2 Å². The van der Waals surface area contributed by atoms with Gasteiger partial charge in [0.15, 0.2) is 0 Å². The molecule has 0 heterocycles. The van der Waals surface area contributed by atoms with Gasteiger partial charge in [-0.3, -0.25) is 0 Å². The highest BCUT2D eigenvalue weighted by atomic mass is 32.2. The molecule has 0 rings (SSSR count). The number of rotatable bonds is 10. The molecule has 0 fully saturated rings. The normalized spacial score (nSPS) is 9.92. The quantitative estimate of drug-likeness (QED) is 0.435.